The van der Waals surface area contributed by atoms with Crippen LogP contribution in [0.5, 0.6) is 0 Å². The first-order chi connectivity index (χ1) is 5.13. The SMILES string of the molecule is CC(C)CCCOC[C@H](C)N. The summed E-state index contributed by atoms with van der Waals surface area (Å²) in [5.41, 5.74) is 5.51. The van der Waals surface area contributed by atoms with E-state index in [1.54, 1.807) is 0 Å². The van der Waals surface area contributed by atoms with E-state index in [0.717, 1.165) is 18.9 Å². The third-order valence-corrected chi connectivity index (χ3v) is 1.45. The molecule has 1 atom stereocenters. The standard InChI is InChI=1S/C9H21NO/c1-8(2)5-4-6-11-7-9(3)10/h8-9H,4-7,10H2,1-3H3/t9-/m0/s1. The molecule has 0 aromatic heterocycles. The van der Waals surface area contributed by atoms with Crippen LogP contribution in [0.25, 0.3) is 0 Å². The zero-order chi connectivity index (χ0) is 8.69. The quantitative estimate of drug-likeness (QED) is 0.600. The summed E-state index contributed by atoms with van der Waals surface area (Å²) in [5.74, 6) is 0.786. The summed E-state index contributed by atoms with van der Waals surface area (Å²) in [4.78, 5) is 0. The predicted octanol–water partition coefficient (Wildman–Crippen LogP) is 1.79. The minimum Gasteiger partial charge on any atom is -0.380 e. The molecule has 2 heteroatoms. The molecule has 68 valence electrons. The second-order valence-corrected chi connectivity index (χ2v) is 3.59. The molecular formula is C9H21NO. The Labute approximate surface area is 70.1 Å². The maximum absolute atomic E-state index is 5.51. The molecule has 0 unspecified atom stereocenters. The number of hydrogen-bond acceptors (Lipinski definition) is 2. The van der Waals surface area contributed by atoms with Crippen molar-refractivity contribution in [3.05, 3.63) is 0 Å². The van der Waals surface area contributed by atoms with Gasteiger partial charge in [0.2, 0.25) is 0 Å². The van der Waals surface area contributed by atoms with E-state index in [2.05, 4.69) is 13.8 Å². The number of ether oxygens (including phenoxy) is 1. The first-order valence-electron chi connectivity index (χ1n) is 4.46. The topological polar surface area (TPSA) is 35.2 Å². The third-order valence-electron chi connectivity index (χ3n) is 1.45. The van der Waals surface area contributed by atoms with Crippen molar-refractivity contribution < 1.29 is 4.74 Å². The maximum Gasteiger partial charge on any atom is 0.0614 e. The molecule has 0 spiro atoms. The summed E-state index contributed by atoms with van der Waals surface area (Å²) in [6, 6.07) is 0.175. The van der Waals surface area contributed by atoms with Crippen LogP contribution in [0.1, 0.15) is 33.6 Å². The van der Waals surface area contributed by atoms with E-state index in [1.807, 2.05) is 6.92 Å². The van der Waals surface area contributed by atoms with Crippen molar-refractivity contribution in [1.29, 1.82) is 0 Å². The molecule has 2 N–H and O–H groups in total. The Hall–Kier alpha value is -0.0800. The fourth-order valence-electron chi connectivity index (χ4n) is 0.863. The largest absolute Gasteiger partial charge is 0.380 e. The summed E-state index contributed by atoms with van der Waals surface area (Å²) >= 11 is 0. The fourth-order valence-corrected chi connectivity index (χ4v) is 0.863. The number of rotatable bonds is 6. The van der Waals surface area contributed by atoms with E-state index in [1.165, 1.54) is 6.42 Å². The van der Waals surface area contributed by atoms with E-state index in [0.29, 0.717) is 6.61 Å². The van der Waals surface area contributed by atoms with Gasteiger partial charge in [-0.1, -0.05) is 13.8 Å². The van der Waals surface area contributed by atoms with Gasteiger partial charge in [-0.25, -0.2) is 0 Å². The monoisotopic (exact) mass is 159 g/mol. The Morgan fingerprint density at radius 3 is 2.36 bits per heavy atom. The lowest BCUT2D eigenvalue weighted by Gasteiger charge is -2.07. The molecule has 0 aliphatic rings. The van der Waals surface area contributed by atoms with Crippen LogP contribution in [-0.4, -0.2) is 19.3 Å². The van der Waals surface area contributed by atoms with Crippen molar-refractivity contribution in [2.24, 2.45) is 11.7 Å². The Kier molecular flexibility index (Phi) is 6.57. The van der Waals surface area contributed by atoms with Gasteiger partial charge in [-0.3, -0.25) is 0 Å². The highest BCUT2D eigenvalue weighted by Gasteiger charge is 1.95. The van der Waals surface area contributed by atoms with Gasteiger partial charge >= 0.3 is 0 Å². The minimum absolute atomic E-state index is 0.175. The lowest BCUT2D eigenvalue weighted by molar-refractivity contribution is 0.118. The first-order valence-corrected chi connectivity index (χ1v) is 4.46. The summed E-state index contributed by atoms with van der Waals surface area (Å²) in [5, 5.41) is 0. The minimum atomic E-state index is 0.175. The molecule has 0 rings (SSSR count). The zero-order valence-electron chi connectivity index (χ0n) is 7.97. The average Bonchev–Trinajstić information content (AvgIpc) is 1.85. The molecule has 2 nitrogen and oxygen atoms in total. The highest BCUT2D eigenvalue weighted by atomic mass is 16.5. The second-order valence-electron chi connectivity index (χ2n) is 3.59. The summed E-state index contributed by atoms with van der Waals surface area (Å²) in [6.45, 7) is 7.97. The van der Waals surface area contributed by atoms with Gasteiger partial charge in [0.1, 0.15) is 0 Å². The van der Waals surface area contributed by atoms with Gasteiger partial charge in [-0.2, -0.15) is 0 Å². The molecule has 0 saturated carbocycles. The van der Waals surface area contributed by atoms with Crippen molar-refractivity contribution in [2.45, 2.75) is 39.7 Å². The highest BCUT2D eigenvalue weighted by molar-refractivity contribution is 4.49. The van der Waals surface area contributed by atoms with Gasteiger partial charge in [0.15, 0.2) is 0 Å². The van der Waals surface area contributed by atoms with Crippen LogP contribution >= 0.6 is 0 Å². The molecule has 0 radical (unpaired) electrons. The average molecular weight is 159 g/mol. The van der Waals surface area contributed by atoms with E-state index >= 15 is 0 Å². The van der Waals surface area contributed by atoms with Crippen LogP contribution in [0.3, 0.4) is 0 Å². The Morgan fingerprint density at radius 1 is 1.27 bits per heavy atom. The molecule has 0 heterocycles. The van der Waals surface area contributed by atoms with Gasteiger partial charge in [0.05, 0.1) is 6.61 Å². The summed E-state index contributed by atoms with van der Waals surface area (Å²) in [7, 11) is 0. The smallest absolute Gasteiger partial charge is 0.0614 e. The van der Waals surface area contributed by atoms with Crippen LogP contribution < -0.4 is 5.73 Å². The Morgan fingerprint density at radius 2 is 1.91 bits per heavy atom. The summed E-state index contributed by atoms with van der Waals surface area (Å²) < 4.78 is 5.32. The molecule has 0 aromatic carbocycles. The van der Waals surface area contributed by atoms with E-state index in [9.17, 15) is 0 Å². The van der Waals surface area contributed by atoms with Crippen molar-refractivity contribution in [2.75, 3.05) is 13.2 Å². The normalized spacial score (nSPS) is 13.9. The van der Waals surface area contributed by atoms with E-state index in [-0.39, 0.29) is 6.04 Å². The van der Waals surface area contributed by atoms with Crippen LogP contribution in [0, 0.1) is 5.92 Å². The molecule has 0 aliphatic heterocycles. The molecule has 0 aliphatic carbocycles. The second kappa shape index (κ2) is 6.62. The van der Waals surface area contributed by atoms with Gasteiger partial charge in [-0.05, 0) is 25.7 Å². The van der Waals surface area contributed by atoms with Crippen molar-refractivity contribution in [3.63, 3.8) is 0 Å². The molecule has 0 fully saturated rings. The molecule has 0 amide bonds. The first kappa shape index (κ1) is 10.9. The molecule has 0 aromatic rings. The van der Waals surface area contributed by atoms with Crippen LogP contribution in [0.4, 0.5) is 0 Å². The van der Waals surface area contributed by atoms with Gasteiger partial charge in [-0.15, -0.1) is 0 Å². The van der Waals surface area contributed by atoms with Crippen LogP contribution in [-0.2, 0) is 4.74 Å². The van der Waals surface area contributed by atoms with Crippen LogP contribution in [0.15, 0.2) is 0 Å². The maximum atomic E-state index is 5.51. The van der Waals surface area contributed by atoms with Crippen molar-refractivity contribution >= 4 is 0 Å². The van der Waals surface area contributed by atoms with E-state index < -0.39 is 0 Å². The molecular weight excluding hydrogens is 138 g/mol. The Bertz CT molecular complexity index is 71.6. The van der Waals surface area contributed by atoms with E-state index in [4.69, 9.17) is 10.5 Å². The zero-order valence-corrected chi connectivity index (χ0v) is 7.97. The van der Waals surface area contributed by atoms with Crippen LogP contribution in [0.2, 0.25) is 0 Å². The van der Waals surface area contributed by atoms with Crippen molar-refractivity contribution in [3.8, 4) is 0 Å². The highest BCUT2D eigenvalue weighted by Crippen LogP contribution is 2.02. The fraction of sp³-hybridized carbons (Fsp3) is 1.00. The molecule has 0 saturated heterocycles. The number of nitrogens with two attached hydrogens (primary N) is 1. The summed E-state index contributed by atoms with van der Waals surface area (Å²) in [6.07, 6.45) is 2.41. The van der Waals surface area contributed by atoms with Crippen molar-refractivity contribution in [1.82, 2.24) is 0 Å². The lowest BCUT2D eigenvalue weighted by Crippen LogP contribution is -2.22. The lowest BCUT2D eigenvalue weighted by atomic mass is 10.1. The molecule has 0 bridgehead atoms. The molecule has 11 heavy (non-hydrogen) atoms. The Balaban J connectivity index is 2.91. The third kappa shape index (κ3) is 9.92. The predicted molar refractivity (Wildman–Crippen MR) is 48.5 cm³/mol. The van der Waals surface area contributed by atoms with Gasteiger partial charge in [0, 0.05) is 12.6 Å². The number of hydrogen-bond donors (Lipinski definition) is 1. The van der Waals surface area contributed by atoms with Gasteiger partial charge in [0.25, 0.3) is 0 Å². The van der Waals surface area contributed by atoms with Gasteiger partial charge < -0.3 is 10.5 Å².